The van der Waals surface area contributed by atoms with Crippen LogP contribution >= 0.6 is 24.0 Å². The van der Waals surface area contributed by atoms with Crippen LogP contribution in [-0.2, 0) is 0 Å². The van der Waals surface area contributed by atoms with Crippen molar-refractivity contribution in [1.82, 2.24) is 0 Å². The van der Waals surface area contributed by atoms with Crippen LogP contribution in [-0.4, -0.2) is 0 Å². The Morgan fingerprint density at radius 1 is 1.45 bits per heavy atom. The van der Waals surface area contributed by atoms with E-state index in [9.17, 15) is 4.39 Å². The highest BCUT2D eigenvalue weighted by Crippen LogP contribution is 2.22. The first-order valence-corrected chi connectivity index (χ1v) is 3.21. The molecule has 0 aliphatic rings. The zero-order valence-corrected chi connectivity index (χ0v) is 7.47. The lowest BCUT2D eigenvalue weighted by molar-refractivity contribution is 0.632. The van der Waals surface area contributed by atoms with Gasteiger partial charge in [-0.05, 0) is 18.6 Å². The predicted molar refractivity (Wildman–Crippen MR) is 47.8 cm³/mol. The molecule has 0 heterocycles. The Morgan fingerprint density at radius 2 is 2.00 bits per heavy atom. The second-order valence-electron chi connectivity index (χ2n) is 2.09. The molecule has 0 amide bonds. The Labute approximate surface area is 75.8 Å². The van der Waals surface area contributed by atoms with Gasteiger partial charge in [0.05, 0.1) is 10.7 Å². The van der Waals surface area contributed by atoms with E-state index in [1.54, 1.807) is 13.0 Å². The summed E-state index contributed by atoms with van der Waals surface area (Å²) in [5.41, 5.74) is 6.17. The molecule has 0 spiro atoms. The third-order valence-electron chi connectivity index (χ3n) is 1.35. The fourth-order valence-electron chi connectivity index (χ4n) is 0.663. The maximum absolute atomic E-state index is 12.7. The van der Waals surface area contributed by atoms with E-state index in [4.69, 9.17) is 17.3 Å². The Kier molecular flexibility index (Phi) is 3.63. The molecule has 0 aromatic heterocycles. The Bertz CT molecular complexity index is 236. The minimum atomic E-state index is -0.526. The van der Waals surface area contributed by atoms with Gasteiger partial charge in [-0.25, -0.2) is 4.39 Å². The maximum atomic E-state index is 12.7. The van der Waals surface area contributed by atoms with E-state index >= 15 is 0 Å². The number of halogens is 3. The third kappa shape index (κ3) is 1.98. The molecule has 0 fully saturated rings. The van der Waals surface area contributed by atoms with Gasteiger partial charge in [-0.15, -0.1) is 12.4 Å². The lowest BCUT2D eigenvalue weighted by Gasteiger charge is -2.00. The van der Waals surface area contributed by atoms with Crippen molar-refractivity contribution in [2.45, 2.75) is 6.92 Å². The molecule has 0 unspecified atom stereocenters. The van der Waals surface area contributed by atoms with Gasteiger partial charge in [0, 0.05) is 0 Å². The number of hydrogen-bond donors (Lipinski definition) is 1. The average Bonchev–Trinajstić information content (AvgIpc) is 1.93. The van der Waals surface area contributed by atoms with E-state index in [1.807, 2.05) is 0 Å². The summed E-state index contributed by atoms with van der Waals surface area (Å²) in [4.78, 5) is 0. The van der Waals surface area contributed by atoms with Crippen LogP contribution in [0.4, 0.5) is 10.1 Å². The standard InChI is InChI=1S/C7H7ClFN.ClH/c1-4-2-3-5(8)6(9)7(4)10;/h2-3H,10H2,1H3;1H. The van der Waals surface area contributed by atoms with Crippen LogP contribution in [0.2, 0.25) is 5.02 Å². The van der Waals surface area contributed by atoms with Crippen LogP contribution < -0.4 is 5.73 Å². The Morgan fingerprint density at radius 3 is 2.45 bits per heavy atom. The van der Waals surface area contributed by atoms with E-state index in [1.165, 1.54) is 6.07 Å². The molecular formula is C7H8Cl2FN. The topological polar surface area (TPSA) is 26.0 Å². The van der Waals surface area contributed by atoms with Gasteiger partial charge in [0.1, 0.15) is 0 Å². The quantitative estimate of drug-likeness (QED) is 0.634. The van der Waals surface area contributed by atoms with Crippen molar-refractivity contribution >= 4 is 29.7 Å². The fraction of sp³-hybridized carbons (Fsp3) is 0.143. The highest BCUT2D eigenvalue weighted by molar-refractivity contribution is 6.31. The van der Waals surface area contributed by atoms with Gasteiger partial charge in [0.25, 0.3) is 0 Å². The summed E-state index contributed by atoms with van der Waals surface area (Å²) in [6, 6.07) is 3.17. The lowest BCUT2D eigenvalue weighted by Crippen LogP contribution is -1.93. The van der Waals surface area contributed by atoms with Crippen LogP contribution in [0.3, 0.4) is 0 Å². The van der Waals surface area contributed by atoms with Crippen LogP contribution in [0.15, 0.2) is 12.1 Å². The molecule has 0 aliphatic carbocycles. The van der Waals surface area contributed by atoms with E-state index in [2.05, 4.69) is 0 Å². The molecule has 1 nitrogen and oxygen atoms in total. The van der Waals surface area contributed by atoms with Gasteiger partial charge in [0.15, 0.2) is 5.82 Å². The van der Waals surface area contributed by atoms with Gasteiger partial charge in [0.2, 0.25) is 0 Å². The predicted octanol–water partition coefficient (Wildman–Crippen LogP) is 2.79. The fourth-order valence-corrected chi connectivity index (χ4v) is 0.828. The van der Waals surface area contributed by atoms with Crippen molar-refractivity contribution in [3.8, 4) is 0 Å². The first-order valence-electron chi connectivity index (χ1n) is 2.83. The maximum Gasteiger partial charge on any atom is 0.164 e. The monoisotopic (exact) mass is 195 g/mol. The highest BCUT2D eigenvalue weighted by Gasteiger charge is 2.04. The van der Waals surface area contributed by atoms with Crippen molar-refractivity contribution in [2.24, 2.45) is 0 Å². The summed E-state index contributed by atoms with van der Waals surface area (Å²) < 4.78 is 12.7. The smallest absolute Gasteiger partial charge is 0.164 e. The van der Waals surface area contributed by atoms with Crippen LogP contribution in [0.5, 0.6) is 0 Å². The molecule has 0 saturated heterocycles. The van der Waals surface area contributed by atoms with Crippen molar-refractivity contribution < 1.29 is 4.39 Å². The molecule has 1 aromatic carbocycles. The number of hydrogen-bond acceptors (Lipinski definition) is 1. The van der Waals surface area contributed by atoms with Crippen molar-refractivity contribution in [3.63, 3.8) is 0 Å². The second kappa shape index (κ2) is 3.79. The normalized spacial score (nSPS) is 9.00. The number of anilines is 1. The molecule has 11 heavy (non-hydrogen) atoms. The molecule has 0 radical (unpaired) electrons. The van der Waals surface area contributed by atoms with Gasteiger partial charge in [-0.2, -0.15) is 0 Å². The average molecular weight is 196 g/mol. The molecular weight excluding hydrogens is 188 g/mol. The molecule has 62 valence electrons. The summed E-state index contributed by atoms with van der Waals surface area (Å²) in [6.07, 6.45) is 0. The zero-order valence-electron chi connectivity index (χ0n) is 5.90. The molecule has 0 saturated carbocycles. The molecule has 1 rings (SSSR count). The van der Waals surface area contributed by atoms with Crippen molar-refractivity contribution in [3.05, 3.63) is 28.5 Å². The molecule has 0 bridgehead atoms. The largest absolute Gasteiger partial charge is 0.396 e. The van der Waals surface area contributed by atoms with Crippen molar-refractivity contribution in [2.75, 3.05) is 5.73 Å². The second-order valence-corrected chi connectivity index (χ2v) is 2.50. The summed E-state index contributed by atoms with van der Waals surface area (Å²) >= 11 is 5.43. The van der Waals surface area contributed by atoms with Crippen LogP contribution in [0.1, 0.15) is 5.56 Å². The number of aryl methyl sites for hydroxylation is 1. The van der Waals surface area contributed by atoms with E-state index < -0.39 is 5.82 Å². The Hall–Kier alpha value is -0.470. The first kappa shape index (κ1) is 10.5. The number of rotatable bonds is 0. The highest BCUT2D eigenvalue weighted by atomic mass is 35.5. The minimum absolute atomic E-state index is 0. The molecule has 0 atom stereocenters. The number of nitrogen functional groups attached to an aromatic ring is 1. The van der Waals surface area contributed by atoms with Crippen molar-refractivity contribution in [1.29, 1.82) is 0 Å². The number of benzene rings is 1. The molecule has 2 N–H and O–H groups in total. The van der Waals surface area contributed by atoms with Crippen LogP contribution in [0, 0.1) is 12.7 Å². The van der Waals surface area contributed by atoms with E-state index in [0.717, 1.165) is 0 Å². The van der Waals surface area contributed by atoms with E-state index in [-0.39, 0.29) is 23.1 Å². The summed E-state index contributed by atoms with van der Waals surface area (Å²) in [7, 11) is 0. The van der Waals surface area contributed by atoms with Gasteiger partial charge in [-0.3, -0.25) is 0 Å². The zero-order chi connectivity index (χ0) is 7.72. The summed E-state index contributed by atoms with van der Waals surface area (Å²) in [5, 5.41) is 0.0723. The van der Waals surface area contributed by atoms with Gasteiger partial charge >= 0.3 is 0 Å². The Balaban J connectivity index is 0.000001000. The molecule has 1 aromatic rings. The summed E-state index contributed by atoms with van der Waals surface area (Å²) in [6.45, 7) is 1.73. The first-order chi connectivity index (χ1) is 4.63. The number of nitrogens with two attached hydrogens (primary N) is 1. The SMILES string of the molecule is Cc1ccc(Cl)c(F)c1N.Cl. The van der Waals surface area contributed by atoms with E-state index in [0.29, 0.717) is 5.56 Å². The van der Waals surface area contributed by atoms with Gasteiger partial charge < -0.3 is 5.73 Å². The van der Waals surface area contributed by atoms with Gasteiger partial charge in [-0.1, -0.05) is 17.7 Å². The minimum Gasteiger partial charge on any atom is -0.396 e. The van der Waals surface area contributed by atoms with Crippen LogP contribution in [0.25, 0.3) is 0 Å². The molecule has 4 heteroatoms. The molecule has 0 aliphatic heterocycles. The third-order valence-corrected chi connectivity index (χ3v) is 1.64. The lowest BCUT2D eigenvalue weighted by atomic mass is 10.2. The summed E-state index contributed by atoms with van der Waals surface area (Å²) in [5.74, 6) is -0.526.